The third kappa shape index (κ3) is 2.57. The zero-order valence-corrected chi connectivity index (χ0v) is 11.6. The number of hydrogen-bond donors (Lipinski definition) is 0. The topological polar surface area (TPSA) is 62.5 Å². The normalized spacial score (nSPS) is 15.4. The van der Waals surface area contributed by atoms with Gasteiger partial charge < -0.3 is 9.80 Å². The second-order valence-electron chi connectivity index (χ2n) is 4.56. The van der Waals surface area contributed by atoms with E-state index in [0.717, 1.165) is 37.0 Å². The minimum Gasteiger partial charge on any atom is -0.368 e. The molecule has 1 fully saturated rings. The fraction of sp³-hybridized carbons (Fsp3) is 0.308. The molecule has 6 nitrogen and oxygen atoms in total. The average molecular weight is 290 g/mol. The van der Waals surface area contributed by atoms with Crippen molar-refractivity contribution in [2.75, 3.05) is 36.0 Å². The summed E-state index contributed by atoms with van der Waals surface area (Å²) in [5.74, 6) is 0. The highest BCUT2D eigenvalue weighted by atomic mass is 32.1. The fourth-order valence-corrected chi connectivity index (χ4v) is 3.01. The SMILES string of the molecule is O=[N+]([O-])c1ccc(N2CCN(c3nccs3)CC2)cc1. The Morgan fingerprint density at radius 1 is 1.10 bits per heavy atom. The number of thiazole rings is 1. The first-order chi connectivity index (χ1) is 9.74. The van der Waals surface area contributed by atoms with Gasteiger partial charge in [0.1, 0.15) is 0 Å². The molecule has 20 heavy (non-hydrogen) atoms. The summed E-state index contributed by atoms with van der Waals surface area (Å²) in [6, 6.07) is 6.75. The molecule has 1 aromatic heterocycles. The Morgan fingerprint density at radius 3 is 2.30 bits per heavy atom. The van der Waals surface area contributed by atoms with E-state index in [0.29, 0.717) is 0 Å². The first-order valence-corrected chi connectivity index (χ1v) is 7.26. The summed E-state index contributed by atoms with van der Waals surface area (Å²) in [4.78, 5) is 19.1. The number of anilines is 2. The van der Waals surface area contributed by atoms with Gasteiger partial charge in [-0.2, -0.15) is 0 Å². The number of benzene rings is 1. The van der Waals surface area contributed by atoms with Gasteiger partial charge in [0.25, 0.3) is 5.69 Å². The highest BCUT2D eigenvalue weighted by molar-refractivity contribution is 7.13. The maximum Gasteiger partial charge on any atom is 0.269 e. The van der Waals surface area contributed by atoms with Crippen LogP contribution in [0.4, 0.5) is 16.5 Å². The van der Waals surface area contributed by atoms with Gasteiger partial charge in [-0.25, -0.2) is 4.98 Å². The quantitative estimate of drug-likeness (QED) is 0.641. The maximum absolute atomic E-state index is 10.6. The molecule has 1 aliphatic rings. The molecule has 0 aliphatic carbocycles. The van der Waals surface area contributed by atoms with Crippen LogP contribution in [0.25, 0.3) is 0 Å². The Bertz CT molecular complexity index is 577. The van der Waals surface area contributed by atoms with E-state index in [1.54, 1.807) is 23.5 Å². The molecule has 0 unspecified atom stereocenters. The minimum atomic E-state index is -0.371. The van der Waals surface area contributed by atoms with Gasteiger partial charge in [-0.1, -0.05) is 0 Å². The molecule has 104 valence electrons. The molecular formula is C13H14N4O2S. The Morgan fingerprint density at radius 2 is 1.75 bits per heavy atom. The molecule has 1 saturated heterocycles. The summed E-state index contributed by atoms with van der Waals surface area (Å²) < 4.78 is 0. The lowest BCUT2D eigenvalue weighted by atomic mass is 10.2. The van der Waals surface area contributed by atoms with Crippen LogP contribution < -0.4 is 9.80 Å². The van der Waals surface area contributed by atoms with Crippen LogP contribution in [0, 0.1) is 10.1 Å². The van der Waals surface area contributed by atoms with Gasteiger partial charge in [-0.05, 0) is 12.1 Å². The van der Waals surface area contributed by atoms with E-state index >= 15 is 0 Å². The molecule has 7 heteroatoms. The maximum atomic E-state index is 10.6. The minimum absolute atomic E-state index is 0.134. The number of nitrogens with zero attached hydrogens (tertiary/aromatic N) is 4. The Labute approximate surface area is 120 Å². The van der Waals surface area contributed by atoms with Crippen molar-refractivity contribution in [2.24, 2.45) is 0 Å². The van der Waals surface area contributed by atoms with Crippen molar-refractivity contribution in [3.05, 3.63) is 46.0 Å². The number of aromatic nitrogens is 1. The van der Waals surface area contributed by atoms with Gasteiger partial charge in [0.15, 0.2) is 5.13 Å². The summed E-state index contributed by atoms with van der Waals surface area (Å²) >= 11 is 1.65. The van der Waals surface area contributed by atoms with Crippen LogP contribution in [-0.4, -0.2) is 36.1 Å². The van der Waals surface area contributed by atoms with Crippen molar-refractivity contribution in [2.45, 2.75) is 0 Å². The smallest absolute Gasteiger partial charge is 0.269 e. The summed E-state index contributed by atoms with van der Waals surface area (Å²) in [6.07, 6.45) is 1.82. The van der Waals surface area contributed by atoms with Crippen molar-refractivity contribution in [3.8, 4) is 0 Å². The van der Waals surface area contributed by atoms with Crippen molar-refractivity contribution in [1.29, 1.82) is 0 Å². The molecular weight excluding hydrogens is 276 g/mol. The highest BCUT2D eigenvalue weighted by Gasteiger charge is 2.19. The van der Waals surface area contributed by atoms with E-state index in [-0.39, 0.29) is 10.6 Å². The first kappa shape index (κ1) is 12.9. The molecule has 2 heterocycles. The third-order valence-corrected chi connectivity index (χ3v) is 4.23. The number of hydrogen-bond acceptors (Lipinski definition) is 6. The number of non-ortho nitro benzene ring substituents is 1. The van der Waals surface area contributed by atoms with E-state index in [4.69, 9.17) is 0 Å². The molecule has 1 aromatic carbocycles. The lowest BCUT2D eigenvalue weighted by Crippen LogP contribution is -2.46. The molecule has 1 aliphatic heterocycles. The van der Waals surface area contributed by atoms with E-state index in [1.807, 2.05) is 23.7 Å². The lowest BCUT2D eigenvalue weighted by Gasteiger charge is -2.35. The van der Waals surface area contributed by atoms with E-state index in [1.165, 1.54) is 0 Å². The van der Waals surface area contributed by atoms with Crippen molar-refractivity contribution in [1.82, 2.24) is 4.98 Å². The van der Waals surface area contributed by atoms with E-state index in [2.05, 4.69) is 14.8 Å². The highest BCUT2D eigenvalue weighted by Crippen LogP contribution is 2.23. The Kier molecular flexibility index (Phi) is 3.51. The van der Waals surface area contributed by atoms with Gasteiger partial charge in [-0.3, -0.25) is 10.1 Å². The van der Waals surface area contributed by atoms with Crippen LogP contribution in [0.2, 0.25) is 0 Å². The van der Waals surface area contributed by atoms with Gasteiger partial charge in [0.05, 0.1) is 4.92 Å². The zero-order chi connectivity index (χ0) is 13.9. The summed E-state index contributed by atoms with van der Waals surface area (Å²) in [5.41, 5.74) is 1.17. The van der Waals surface area contributed by atoms with E-state index < -0.39 is 0 Å². The summed E-state index contributed by atoms with van der Waals surface area (Å²) in [7, 11) is 0. The molecule has 0 spiro atoms. The second kappa shape index (κ2) is 5.46. The predicted molar refractivity (Wildman–Crippen MR) is 79.6 cm³/mol. The predicted octanol–water partition coefficient (Wildman–Crippen LogP) is 2.38. The lowest BCUT2D eigenvalue weighted by molar-refractivity contribution is -0.384. The van der Waals surface area contributed by atoms with Crippen molar-refractivity contribution < 1.29 is 4.92 Å². The molecule has 3 rings (SSSR count). The molecule has 0 amide bonds. The van der Waals surface area contributed by atoms with Gasteiger partial charge >= 0.3 is 0 Å². The number of piperazine rings is 1. The Balaban J connectivity index is 1.64. The second-order valence-corrected chi connectivity index (χ2v) is 5.44. The number of nitro benzene ring substituents is 1. The van der Waals surface area contributed by atoms with Crippen molar-refractivity contribution in [3.63, 3.8) is 0 Å². The van der Waals surface area contributed by atoms with Crippen LogP contribution in [0.1, 0.15) is 0 Å². The average Bonchev–Trinajstić information content (AvgIpc) is 3.02. The number of rotatable bonds is 3. The molecule has 0 radical (unpaired) electrons. The van der Waals surface area contributed by atoms with Crippen molar-refractivity contribution >= 4 is 27.8 Å². The summed E-state index contributed by atoms with van der Waals surface area (Å²) in [5, 5.41) is 13.7. The van der Waals surface area contributed by atoms with Crippen LogP contribution in [0.3, 0.4) is 0 Å². The van der Waals surface area contributed by atoms with Crippen LogP contribution in [-0.2, 0) is 0 Å². The molecule has 0 atom stereocenters. The zero-order valence-electron chi connectivity index (χ0n) is 10.8. The fourth-order valence-electron chi connectivity index (χ4n) is 2.31. The van der Waals surface area contributed by atoms with Gasteiger partial charge in [0, 0.05) is 55.6 Å². The van der Waals surface area contributed by atoms with Crippen LogP contribution in [0.15, 0.2) is 35.8 Å². The van der Waals surface area contributed by atoms with E-state index in [9.17, 15) is 10.1 Å². The third-order valence-electron chi connectivity index (χ3n) is 3.40. The molecule has 0 N–H and O–H groups in total. The largest absolute Gasteiger partial charge is 0.368 e. The summed E-state index contributed by atoms with van der Waals surface area (Å²) in [6.45, 7) is 3.64. The van der Waals surface area contributed by atoms with Gasteiger partial charge in [-0.15, -0.1) is 11.3 Å². The monoisotopic (exact) mass is 290 g/mol. The number of nitro groups is 1. The standard InChI is InChI=1S/C13H14N4O2S/c18-17(19)12-3-1-11(2-4-12)15-6-8-16(9-7-15)13-14-5-10-20-13/h1-5,10H,6-9H2. The first-order valence-electron chi connectivity index (χ1n) is 6.38. The van der Waals surface area contributed by atoms with Crippen LogP contribution in [0.5, 0.6) is 0 Å². The molecule has 2 aromatic rings. The Hall–Kier alpha value is -2.15. The van der Waals surface area contributed by atoms with Crippen LogP contribution >= 0.6 is 11.3 Å². The molecule has 0 saturated carbocycles. The van der Waals surface area contributed by atoms with Gasteiger partial charge in [0.2, 0.25) is 0 Å². The molecule has 0 bridgehead atoms.